The lowest BCUT2D eigenvalue weighted by Gasteiger charge is -2.32. The number of nitrogens with zero attached hydrogens (tertiary/aromatic N) is 2. The molecule has 0 saturated carbocycles. The van der Waals surface area contributed by atoms with E-state index in [0.717, 1.165) is 12.1 Å². The predicted molar refractivity (Wildman–Crippen MR) is 86.9 cm³/mol. The van der Waals surface area contributed by atoms with E-state index in [1.807, 2.05) is 0 Å². The lowest BCUT2D eigenvalue weighted by atomic mass is 9.96. The Kier molecular flexibility index (Phi) is 7.20. The molecular weight excluding hydrogens is 446 g/mol. The van der Waals surface area contributed by atoms with E-state index in [1.54, 1.807) is 0 Å². The van der Waals surface area contributed by atoms with Gasteiger partial charge in [-0.3, -0.25) is 14.0 Å². The van der Waals surface area contributed by atoms with Crippen molar-refractivity contribution in [3.8, 4) is 0 Å². The molecule has 7 nitrogen and oxygen atoms in total. The van der Waals surface area contributed by atoms with Crippen molar-refractivity contribution >= 4 is 33.7 Å². The number of hydrogen-bond acceptors (Lipinski definition) is 5. The fraction of sp³-hybridized carbons (Fsp3) is 0.462. The second-order valence-corrected chi connectivity index (χ2v) is 6.68. The molecule has 2 rings (SSSR count). The Balaban J connectivity index is 0.000000696. The minimum Gasteiger partial charge on any atom is -0.463 e. The van der Waals surface area contributed by atoms with Gasteiger partial charge < -0.3 is 4.74 Å². The fourth-order valence-corrected chi connectivity index (χ4v) is 2.17. The van der Waals surface area contributed by atoms with Crippen molar-refractivity contribution in [3.63, 3.8) is 0 Å². The van der Waals surface area contributed by atoms with Crippen molar-refractivity contribution in [3.05, 3.63) is 29.8 Å². The molecule has 0 spiro atoms. The van der Waals surface area contributed by atoms with Gasteiger partial charge in [0, 0.05) is 12.7 Å². The second-order valence-electron chi connectivity index (χ2n) is 5.22. The topological polar surface area (TPSA) is 99.4 Å². The molecule has 1 aromatic carbocycles. The quantitative estimate of drug-likeness (QED) is 0.400. The SMILES string of the molecule is CN(C1=NCCO1)c1ccc(C(Cl)(C(F)(F)F)C(F)(F)F)cc1.O=S(=O)(O)O. The summed E-state index contributed by atoms with van der Waals surface area (Å²) in [6.45, 7) is 0.801. The van der Waals surface area contributed by atoms with Crippen LogP contribution in [0, 0.1) is 0 Å². The molecule has 1 aliphatic heterocycles. The van der Waals surface area contributed by atoms with Crippen LogP contribution in [0.5, 0.6) is 0 Å². The number of amidine groups is 1. The highest BCUT2D eigenvalue weighted by Crippen LogP contribution is 2.55. The maximum Gasteiger partial charge on any atom is 0.420 e. The largest absolute Gasteiger partial charge is 0.463 e. The molecule has 1 aliphatic rings. The highest BCUT2D eigenvalue weighted by Gasteiger charge is 2.71. The van der Waals surface area contributed by atoms with E-state index in [4.69, 9.17) is 33.9 Å². The number of hydrogen-bond donors (Lipinski definition) is 2. The molecule has 0 amide bonds. The Bertz CT molecular complexity index is 788. The smallest absolute Gasteiger partial charge is 0.420 e. The lowest BCUT2D eigenvalue weighted by Crippen LogP contribution is -2.49. The zero-order chi connectivity index (χ0) is 22.0. The van der Waals surface area contributed by atoms with Crippen LogP contribution in [-0.4, -0.2) is 56.1 Å². The van der Waals surface area contributed by atoms with Crippen LogP contribution in [0.15, 0.2) is 29.3 Å². The van der Waals surface area contributed by atoms with E-state index in [0.29, 0.717) is 31.0 Å². The molecule has 0 aliphatic carbocycles. The summed E-state index contributed by atoms with van der Waals surface area (Å²) in [6, 6.07) is 3.80. The van der Waals surface area contributed by atoms with Crippen LogP contribution in [0.25, 0.3) is 0 Å². The maximum atomic E-state index is 12.9. The van der Waals surface area contributed by atoms with E-state index >= 15 is 0 Å². The van der Waals surface area contributed by atoms with Gasteiger partial charge in [-0.2, -0.15) is 34.8 Å². The van der Waals surface area contributed by atoms with Crippen LogP contribution < -0.4 is 4.90 Å². The molecule has 0 atom stereocenters. The first kappa shape index (κ1) is 24.3. The van der Waals surface area contributed by atoms with E-state index in [1.165, 1.54) is 11.9 Å². The van der Waals surface area contributed by atoms with Gasteiger partial charge in [-0.05, 0) is 17.7 Å². The van der Waals surface area contributed by atoms with Crippen molar-refractivity contribution in [1.82, 2.24) is 0 Å². The first-order valence-corrected chi connectivity index (χ1v) is 8.79. The average molecular weight is 459 g/mol. The van der Waals surface area contributed by atoms with Crippen molar-refractivity contribution in [2.75, 3.05) is 25.1 Å². The second kappa shape index (κ2) is 8.31. The zero-order valence-corrected chi connectivity index (χ0v) is 15.4. The summed E-state index contributed by atoms with van der Waals surface area (Å²) in [5.74, 6) is 0. The predicted octanol–water partition coefficient (Wildman–Crippen LogP) is 3.41. The highest BCUT2D eigenvalue weighted by atomic mass is 35.5. The van der Waals surface area contributed by atoms with E-state index in [-0.39, 0.29) is 6.02 Å². The monoisotopic (exact) mass is 458 g/mol. The third kappa shape index (κ3) is 5.86. The molecule has 0 radical (unpaired) electrons. The van der Waals surface area contributed by atoms with Gasteiger partial charge in [-0.15, -0.1) is 0 Å². The molecule has 28 heavy (non-hydrogen) atoms. The first-order chi connectivity index (χ1) is 12.5. The van der Waals surface area contributed by atoms with Crippen LogP contribution in [0.2, 0.25) is 0 Å². The van der Waals surface area contributed by atoms with Gasteiger partial charge in [0.25, 0.3) is 10.9 Å². The van der Waals surface area contributed by atoms with E-state index < -0.39 is 33.2 Å². The van der Waals surface area contributed by atoms with Gasteiger partial charge >= 0.3 is 22.8 Å². The summed E-state index contributed by atoms with van der Waals surface area (Å²) in [5.41, 5.74) is -0.789. The molecule has 0 aromatic heterocycles. The summed E-state index contributed by atoms with van der Waals surface area (Å²) >= 11 is 4.96. The molecule has 1 aromatic rings. The summed E-state index contributed by atoms with van der Waals surface area (Å²) in [4.78, 5) is 0.947. The molecule has 15 heteroatoms. The normalized spacial score (nSPS) is 15.3. The average Bonchev–Trinajstić information content (AvgIpc) is 3.04. The van der Waals surface area contributed by atoms with Crippen molar-refractivity contribution in [2.24, 2.45) is 4.99 Å². The summed E-state index contributed by atoms with van der Waals surface area (Å²) in [7, 11) is -3.14. The highest BCUT2D eigenvalue weighted by molar-refractivity contribution is 7.79. The number of alkyl halides is 7. The van der Waals surface area contributed by atoms with Crippen LogP contribution in [0.4, 0.5) is 32.0 Å². The van der Waals surface area contributed by atoms with Crippen molar-refractivity contribution < 1.29 is 48.6 Å². The minimum absolute atomic E-state index is 0.238. The number of anilines is 1. The molecular formula is C13H13ClF6N2O5S. The summed E-state index contributed by atoms with van der Waals surface area (Å²) in [6.07, 6.45) is -11.4. The van der Waals surface area contributed by atoms with Gasteiger partial charge in [0.2, 0.25) is 0 Å². The van der Waals surface area contributed by atoms with Crippen LogP contribution in [0.3, 0.4) is 0 Å². The molecule has 0 fully saturated rings. The number of halogens is 7. The molecule has 2 N–H and O–H groups in total. The third-order valence-corrected chi connectivity index (χ3v) is 3.94. The van der Waals surface area contributed by atoms with E-state index in [2.05, 4.69) is 4.99 Å². The number of benzene rings is 1. The van der Waals surface area contributed by atoms with Crippen molar-refractivity contribution in [2.45, 2.75) is 17.2 Å². The number of ether oxygens (including phenoxy) is 1. The van der Waals surface area contributed by atoms with Crippen molar-refractivity contribution in [1.29, 1.82) is 0 Å². The van der Waals surface area contributed by atoms with Gasteiger partial charge in [0.05, 0.1) is 6.54 Å². The minimum atomic E-state index is -5.70. The van der Waals surface area contributed by atoms with Gasteiger partial charge in [0.1, 0.15) is 6.61 Å². The molecule has 1 heterocycles. The van der Waals surface area contributed by atoms with Gasteiger partial charge in [-0.25, -0.2) is 4.99 Å². The lowest BCUT2D eigenvalue weighted by molar-refractivity contribution is -0.272. The Morgan fingerprint density at radius 2 is 1.50 bits per heavy atom. The zero-order valence-electron chi connectivity index (χ0n) is 13.8. The van der Waals surface area contributed by atoms with Gasteiger partial charge in [-0.1, -0.05) is 23.7 Å². The maximum absolute atomic E-state index is 12.9. The Labute approximate surface area is 160 Å². The molecule has 160 valence electrons. The van der Waals surface area contributed by atoms with E-state index in [9.17, 15) is 26.3 Å². The number of rotatable bonds is 2. The molecule has 0 saturated heterocycles. The Morgan fingerprint density at radius 3 is 1.82 bits per heavy atom. The standard InChI is InChI=1S/C13H11ClF6N2O.H2O4S/c1-22(10-21-6-7-23-10)9-4-2-8(3-5-9)11(14,12(15,16)17)13(18,19)20;1-5(2,3)4/h2-5H,6-7H2,1H3;(H2,1,2,3,4). The first-order valence-electron chi connectivity index (χ1n) is 7.02. The molecule has 0 unspecified atom stereocenters. The van der Waals surface area contributed by atoms with Crippen LogP contribution in [-0.2, 0) is 20.0 Å². The molecule has 0 bridgehead atoms. The Morgan fingerprint density at radius 1 is 1.07 bits per heavy atom. The number of aliphatic imine (C=N–C) groups is 1. The third-order valence-electron chi connectivity index (χ3n) is 3.29. The van der Waals surface area contributed by atoms with Gasteiger partial charge in [0.15, 0.2) is 0 Å². The Hall–Kier alpha value is -1.77. The summed E-state index contributed by atoms with van der Waals surface area (Å²) in [5, 5.41) is 0. The van der Waals surface area contributed by atoms with Crippen LogP contribution in [0.1, 0.15) is 5.56 Å². The van der Waals surface area contributed by atoms with Crippen LogP contribution >= 0.6 is 11.6 Å². The summed E-state index contributed by atoms with van der Waals surface area (Å²) < 4.78 is 114. The fourth-order valence-electron chi connectivity index (χ4n) is 2.04.